The number of carbonyl (C=O) groups excluding carboxylic acids is 2. The Kier molecular flexibility index (Phi) is 7.27. The fourth-order valence-corrected chi connectivity index (χ4v) is 3.01. The van der Waals surface area contributed by atoms with Crippen LogP contribution in [-0.4, -0.2) is 25.6 Å². The number of benzene rings is 3. The van der Waals surface area contributed by atoms with Crippen molar-refractivity contribution in [1.29, 1.82) is 0 Å². The molecule has 6 nitrogen and oxygen atoms in total. The number of aryl methyl sites for hydroxylation is 2. The van der Waals surface area contributed by atoms with Gasteiger partial charge in [0.15, 0.2) is 18.1 Å². The molecule has 3 rings (SSSR count). The number of carbonyl (C=O) groups is 2. The first-order valence-corrected chi connectivity index (χ1v) is 9.86. The quantitative estimate of drug-likeness (QED) is 0.540. The van der Waals surface area contributed by atoms with Crippen LogP contribution in [0.1, 0.15) is 22.8 Å². The summed E-state index contributed by atoms with van der Waals surface area (Å²) in [4.78, 5) is 25.5. The van der Waals surface area contributed by atoms with E-state index in [2.05, 4.69) is 5.32 Å². The van der Waals surface area contributed by atoms with Crippen molar-refractivity contribution in [3.63, 3.8) is 0 Å². The van der Waals surface area contributed by atoms with E-state index < -0.39 is 18.0 Å². The average Bonchev–Trinajstić information content (AvgIpc) is 2.79. The summed E-state index contributed by atoms with van der Waals surface area (Å²) in [6.07, 6.45) is -1.12. The van der Waals surface area contributed by atoms with Gasteiger partial charge in [0.25, 0.3) is 5.91 Å². The number of amides is 1. The lowest BCUT2D eigenvalue weighted by molar-refractivity contribution is -0.156. The molecule has 0 saturated heterocycles. The summed E-state index contributed by atoms with van der Waals surface area (Å²) in [6.45, 7) is 3.49. The number of hydrogen-bond acceptors (Lipinski definition) is 5. The van der Waals surface area contributed by atoms with E-state index in [1.54, 1.807) is 48.5 Å². The molecule has 1 N–H and O–H groups in total. The second-order valence-electron chi connectivity index (χ2n) is 7.03. The monoisotopic (exact) mass is 419 g/mol. The lowest BCUT2D eigenvalue weighted by Gasteiger charge is -2.19. The Morgan fingerprint density at radius 1 is 0.903 bits per heavy atom. The maximum absolute atomic E-state index is 13.0. The van der Waals surface area contributed by atoms with Crippen LogP contribution in [0, 0.1) is 13.8 Å². The van der Waals surface area contributed by atoms with Crippen molar-refractivity contribution >= 4 is 17.6 Å². The zero-order valence-electron chi connectivity index (χ0n) is 17.8. The second-order valence-corrected chi connectivity index (χ2v) is 7.03. The van der Waals surface area contributed by atoms with E-state index in [4.69, 9.17) is 14.2 Å². The van der Waals surface area contributed by atoms with Gasteiger partial charge in [-0.2, -0.15) is 0 Å². The van der Waals surface area contributed by atoms with E-state index in [1.165, 1.54) is 7.11 Å². The molecule has 0 aliphatic heterocycles. The Balaban J connectivity index is 1.74. The van der Waals surface area contributed by atoms with E-state index in [1.807, 2.05) is 38.1 Å². The van der Waals surface area contributed by atoms with Crippen molar-refractivity contribution in [1.82, 2.24) is 0 Å². The minimum absolute atomic E-state index is 0.361. The normalized spacial score (nSPS) is 11.3. The topological polar surface area (TPSA) is 73.9 Å². The molecular weight excluding hydrogens is 394 g/mol. The van der Waals surface area contributed by atoms with Gasteiger partial charge in [0.2, 0.25) is 6.10 Å². The summed E-state index contributed by atoms with van der Waals surface area (Å²) < 4.78 is 16.3. The molecule has 0 aliphatic rings. The third-order valence-electron chi connectivity index (χ3n) is 4.66. The van der Waals surface area contributed by atoms with Crippen molar-refractivity contribution in [3.8, 4) is 11.5 Å². The number of rotatable bonds is 8. The Hall–Kier alpha value is -3.80. The van der Waals surface area contributed by atoms with Crippen LogP contribution in [0.25, 0.3) is 0 Å². The van der Waals surface area contributed by atoms with Crippen LogP contribution in [0.2, 0.25) is 0 Å². The lowest BCUT2D eigenvalue weighted by atomic mass is 10.1. The van der Waals surface area contributed by atoms with Crippen molar-refractivity contribution in [2.75, 3.05) is 19.0 Å². The molecule has 1 atom stereocenters. The molecule has 0 aliphatic carbocycles. The van der Waals surface area contributed by atoms with Gasteiger partial charge < -0.3 is 19.5 Å². The van der Waals surface area contributed by atoms with Gasteiger partial charge in [-0.1, -0.05) is 54.6 Å². The van der Waals surface area contributed by atoms with Crippen LogP contribution in [-0.2, 0) is 14.3 Å². The molecule has 0 radical (unpaired) electrons. The molecule has 3 aromatic carbocycles. The smallest absolute Gasteiger partial charge is 0.345 e. The molecular formula is C25H25NO5. The fraction of sp³-hybridized carbons (Fsp3) is 0.200. The Morgan fingerprint density at radius 2 is 1.58 bits per heavy atom. The van der Waals surface area contributed by atoms with Crippen molar-refractivity contribution in [3.05, 3.63) is 89.5 Å². The molecule has 0 spiro atoms. The average molecular weight is 419 g/mol. The van der Waals surface area contributed by atoms with Crippen LogP contribution in [0.5, 0.6) is 11.5 Å². The third kappa shape index (κ3) is 5.85. The highest BCUT2D eigenvalue weighted by Crippen LogP contribution is 2.26. The first kappa shape index (κ1) is 21.9. The van der Waals surface area contributed by atoms with Crippen molar-refractivity contribution in [2.45, 2.75) is 20.0 Å². The van der Waals surface area contributed by atoms with Gasteiger partial charge in [0.1, 0.15) is 0 Å². The molecule has 3 aromatic rings. The van der Waals surface area contributed by atoms with Crippen LogP contribution >= 0.6 is 0 Å². The van der Waals surface area contributed by atoms with Crippen molar-refractivity contribution < 1.29 is 23.8 Å². The summed E-state index contributed by atoms with van der Waals surface area (Å²) in [7, 11) is 1.52. The fourth-order valence-electron chi connectivity index (χ4n) is 3.01. The van der Waals surface area contributed by atoms with Gasteiger partial charge in [0.05, 0.1) is 7.11 Å². The first-order chi connectivity index (χ1) is 15.0. The van der Waals surface area contributed by atoms with E-state index >= 15 is 0 Å². The standard InChI is InChI=1S/C25H25NO5/c1-17-13-14-18(2)20(15-17)26-25(28)24(19-9-5-4-6-10-19)31-23(27)16-30-22-12-8-7-11-21(22)29-3/h4-15,24H,16H2,1-3H3,(H,26,28)/t24-/m0/s1. The van der Waals surface area contributed by atoms with E-state index in [0.29, 0.717) is 22.7 Å². The molecule has 160 valence electrons. The highest BCUT2D eigenvalue weighted by atomic mass is 16.6. The van der Waals surface area contributed by atoms with Gasteiger partial charge in [-0.25, -0.2) is 4.79 Å². The summed E-state index contributed by atoms with van der Waals surface area (Å²) >= 11 is 0. The predicted octanol–water partition coefficient (Wildman–Crippen LogP) is 4.61. The number of anilines is 1. The molecule has 0 heterocycles. The third-order valence-corrected chi connectivity index (χ3v) is 4.66. The molecule has 0 unspecified atom stereocenters. The minimum Gasteiger partial charge on any atom is -0.493 e. The summed E-state index contributed by atoms with van der Waals surface area (Å²) in [5, 5.41) is 2.87. The lowest BCUT2D eigenvalue weighted by Crippen LogP contribution is -2.28. The van der Waals surface area contributed by atoms with E-state index in [0.717, 1.165) is 11.1 Å². The molecule has 0 bridgehead atoms. The van der Waals surface area contributed by atoms with Crippen molar-refractivity contribution in [2.24, 2.45) is 0 Å². The number of para-hydroxylation sites is 2. The molecule has 0 saturated carbocycles. The van der Waals surface area contributed by atoms with E-state index in [9.17, 15) is 9.59 Å². The SMILES string of the molecule is COc1ccccc1OCC(=O)O[C@H](C(=O)Nc1cc(C)ccc1C)c1ccccc1. The Labute approximate surface area is 181 Å². The number of nitrogens with one attached hydrogen (secondary N) is 1. The zero-order valence-corrected chi connectivity index (χ0v) is 17.8. The highest BCUT2D eigenvalue weighted by molar-refractivity contribution is 5.96. The van der Waals surface area contributed by atoms with Gasteiger partial charge >= 0.3 is 5.97 Å². The predicted molar refractivity (Wildman–Crippen MR) is 118 cm³/mol. The molecule has 0 aromatic heterocycles. The summed E-state index contributed by atoms with van der Waals surface area (Å²) in [5.41, 5.74) is 3.17. The van der Waals surface area contributed by atoms with Crippen LogP contribution in [0.4, 0.5) is 5.69 Å². The molecule has 31 heavy (non-hydrogen) atoms. The van der Waals surface area contributed by atoms with Crippen LogP contribution in [0.3, 0.4) is 0 Å². The summed E-state index contributed by atoms with van der Waals surface area (Å²) in [6, 6.07) is 21.6. The first-order valence-electron chi connectivity index (χ1n) is 9.86. The molecule has 0 fully saturated rings. The molecule has 6 heteroatoms. The largest absolute Gasteiger partial charge is 0.493 e. The van der Waals surface area contributed by atoms with Gasteiger partial charge in [0, 0.05) is 11.3 Å². The highest BCUT2D eigenvalue weighted by Gasteiger charge is 2.26. The van der Waals surface area contributed by atoms with Crippen LogP contribution in [0.15, 0.2) is 72.8 Å². The Bertz CT molecular complexity index is 1050. The van der Waals surface area contributed by atoms with Gasteiger partial charge in [-0.15, -0.1) is 0 Å². The second kappa shape index (κ2) is 10.3. The zero-order chi connectivity index (χ0) is 22.2. The van der Waals surface area contributed by atoms with E-state index in [-0.39, 0.29) is 6.61 Å². The molecule has 1 amide bonds. The Morgan fingerprint density at radius 3 is 2.29 bits per heavy atom. The number of hydrogen-bond donors (Lipinski definition) is 1. The van der Waals surface area contributed by atoms with Gasteiger partial charge in [-0.3, -0.25) is 4.79 Å². The maximum atomic E-state index is 13.0. The number of esters is 1. The van der Waals surface area contributed by atoms with Crippen LogP contribution < -0.4 is 14.8 Å². The minimum atomic E-state index is -1.12. The number of ether oxygens (including phenoxy) is 3. The summed E-state index contributed by atoms with van der Waals surface area (Å²) in [5.74, 6) is -0.193. The number of methoxy groups -OCH3 is 1. The van der Waals surface area contributed by atoms with Gasteiger partial charge in [-0.05, 0) is 43.2 Å². The maximum Gasteiger partial charge on any atom is 0.345 e.